The molecule has 2 amide bonds. The van der Waals surface area contributed by atoms with Crippen LogP contribution in [0, 0.1) is 0 Å². The van der Waals surface area contributed by atoms with Crippen molar-refractivity contribution in [3.8, 4) is 0 Å². The van der Waals surface area contributed by atoms with Gasteiger partial charge in [0.2, 0.25) is 0 Å². The Morgan fingerprint density at radius 1 is 1.00 bits per heavy atom. The standard InChI is InChI=1S/C35H46F2N6O4/c1-33(2,3)47-32(45)42-17-15-41(16-18-42)24-9-11-25(12-10-24)43-21-23-19-29(26(34(4,5)46)20-28(23)40-43)39-31(44)27-13-8-22-7-6-14-35(36,37)30(22)38-27/h8,13,19-21,24-25,46H,6-7,9-12,14-18H2,1-5H3,(H,39,44). The van der Waals surface area contributed by atoms with Crippen LogP contribution < -0.4 is 5.32 Å². The summed E-state index contributed by atoms with van der Waals surface area (Å²) < 4.78 is 36.7. The van der Waals surface area contributed by atoms with E-state index < -0.39 is 23.0 Å². The summed E-state index contributed by atoms with van der Waals surface area (Å²) in [6.07, 6.45) is 6.30. The minimum atomic E-state index is -3.06. The van der Waals surface area contributed by atoms with Crippen molar-refractivity contribution in [3.63, 3.8) is 0 Å². The molecule has 2 fully saturated rings. The molecule has 47 heavy (non-hydrogen) atoms. The third-order valence-electron chi connectivity index (χ3n) is 9.59. The van der Waals surface area contributed by atoms with E-state index in [1.165, 1.54) is 6.07 Å². The van der Waals surface area contributed by atoms with Gasteiger partial charge < -0.3 is 20.1 Å². The largest absolute Gasteiger partial charge is 0.444 e. The second kappa shape index (κ2) is 12.4. The number of aliphatic hydroxyl groups is 1. The van der Waals surface area contributed by atoms with Crippen LogP contribution in [0.2, 0.25) is 0 Å². The third kappa shape index (κ3) is 7.28. The van der Waals surface area contributed by atoms with Crippen LogP contribution in [0.4, 0.5) is 19.3 Å². The molecule has 0 atom stereocenters. The SMILES string of the molecule is CC(C)(C)OC(=O)N1CCN(C2CCC(n3cc4cc(NC(=O)c5ccc6c(n5)C(F)(F)CCC6)c(C(C)(C)O)cc4n3)CC2)CC1. The van der Waals surface area contributed by atoms with Crippen molar-refractivity contribution in [2.45, 2.75) is 109 Å². The van der Waals surface area contributed by atoms with E-state index in [2.05, 4.69) is 15.2 Å². The van der Waals surface area contributed by atoms with Gasteiger partial charge in [-0.2, -0.15) is 13.9 Å². The third-order valence-corrected chi connectivity index (χ3v) is 9.59. The Morgan fingerprint density at radius 2 is 1.68 bits per heavy atom. The van der Waals surface area contributed by atoms with Crippen molar-refractivity contribution in [1.29, 1.82) is 0 Å². The van der Waals surface area contributed by atoms with Crippen molar-refractivity contribution < 1.29 is 28.2 Å². The number of nitrogens with zero attached hydrogens (tertiary/aromatic N) is 5. The van der Waals surface area contributed by atoms with E-state index in [1.807, 2.05) is 31.6 Å². The Hall–Kier alpha value is -3.64. The van der Waals surface area contributed by atoms with Crippen LogP contribution >= 0.6 is 0 Å². The molecular weight excluding hydrogens is 606 g/mol. The van der Waals surface area contributed by atoms with Crippen molar-refractivity contribution >= 4 is 28.6 Å². The molecule has 0 spiro atoms. The van der Waals surface area contributed by atoms with Gasteiger partial charge in [0.15, 0.2) is 0 Å². The van der Waals surface area contributed by atoms with Gasteiger partial charge in [-0.1, -0.05) is 6.07 Å². The number of hydrogen-bond donors (Lipinski definition) is 2. The van der Waals surface area contributed by atoms with Gasteiger partial charge in [0.1, 0.15) is 17.0 Å². The van der Waals surface area contributed by atoms with E-state index in [9.17, 15) is 23.5 Å². The van der Waals surface area contributed by atoms with Gasteiger partial charge >= 0.3 is 6.09 Å². The molecule has 0 bridgehead atoms. The molecule has 12 heteroatoms. The maximum Gasteiger partial charge on any atom is 0.410 e. The number of aryl methyl sites for hydroxylation is 1. The van der Waals surface area contributed by atoms with E-state index in [4.69, 9.17) is 9.84 Å². The fourth-order valence-corrected chi connectivity index (χ4v) is 7.11. The van der Waals surface area contributed by atoms with E-state index in [1.54, 1.807) is 36.9 Å². The number of hydrogen-bond acceptors (Lipinski definition) is 7. The molecule has 3 aliphatic rings. The molecule has 10 nitrogen and oxygen atoms in total. The Morgan fingerprint density at radius 3 is 2.34 bits per heavy atom. The van der Waals surface area contributed by atoms with Crippen LogP contribution in [0.25, 0.3) is 10.9 Å². The number of anilines is 1. The first kappa shape index (κ1) is 33.3. The molecule has 2 aromatic heterocycles. The Labute approximate surface area is 274 Å². The van der Waals surface area contributed by atoms with Crippen LogP contribution in [0.3, 0.4) is 0 Å². The summed E-state index contributed by atoms with van der Waals surface area (Å²) in [7, 11) is 0. The van der Waals surface area contributed by atoms with Crippen LogP contribution in [0.15, 0.2) is 30.5 Å². The lowest BCUT2D eigenvalue weighted by molar-refractivity contribution is -0.0263. The number of amides is 2. The molecule has 0 unspecified atom stereocenters. The van der Waals surface area contributed by atoms with E-state index in [-0.39, 0.29) is 29.9 Å². The number of alkyl halides is 2. The Bertz CT molecular complexity index is 1640. The molecule has 2 N–H and O–H groups in total. The quantitative estimate of drug-likeness (QED) is 0.329. The van der Waals surface area contributed by atoms with Gasteiger partial charge in [-0.05, 0) is 96.9 Å². The first-order valence-electron chi connectivity index (χ1n) is 16.7. The fourth-order valence-electron chi connectivity index (χ4n) is 7.11. The summed E-state index contributed by atoms with van der Waals surface area (Å²) in [5.74, 6) is -3.68. The second-order valence-corrected chi connectivity index (χ2v) is 14.8. The molecule has 254 valence electrons. The number of piperazine rings is 1. The van der Waals surface area contributed by atoms with Gasteiger partial charge in [-0.25, -0.2) is 9.78 Å². The number of pyridine rings is 1. The summed E-state index contributed by atoms with van der Waals surface area (Å²) in [5, 5.41) is 19.5. The van der Waals surface area contributed by atoms with Crippen molar-refractivity contribution in [3.05, 3.63) is 53.0 Å². The summed E-state index contributed by atoms with van der Waals surface area (Å²) in [6, 6.07) is 7.28. The molecule has 3 aromatic rings. The van der Waals surface area contributed by atoms with Crippen LogP contribution in [0.1, 0.15) is 106 Å². The summed E-state index contributed by atoms with van der Waals surface area (Å²) in [4.78, 5) is 34.1. The van der Waals surface area contributed by atoms with Gasteiger partial charge in [0, 0.05) is 61.5 Å². The maximum absolute atomic E-state index is 14.6. The lowest BCUT2D eigenvalue weighted by atomic mass is 9.90. The first-order chi connectivity index (χ1) is 22.1. The molecule has 2 aliphatic carbocycles. The number of ether oxygens (including phenoxy) is 1. The Balaban J connectivity index is 1.13. The van der Waals surface area contributed by atoms with Crippen molar-refractivity contribution in [2.75, 3.05) is 31.5 Å². The molecule has 1 saturated heterocycles. The average molecular weight is 653 g/mol. The van der Waals surface area contributed by atoms with E-state index >= 15 is 0 Å². The number of carbonyl (C=O) groups is 2. The average Bonchev–Trinajstić information content (AvgIpc) is 3.42. The van der Waals surface area contributed by atoms with E-state index in [0.717, 1.165) is 44.2 Å². The maximum atomic E-state index is 14.6. The normalized spacial score (nSPS) is 22.2. The van der Waals surface area contributed by atoms with Crippen LogP contribution in [0.5, 0.6) is 0 Å². The number of halogens is 2. The van der Waals surface area contributed by atoms with Gasteiger partial charge in [0.25, 0.3) is 11.8 Å². The molecule has 1 aliphatic heterocycles. The fraction of sp³-hybridized carbons (Fsp3) is 0.600. The van der Waals surface area contributed by atoms with Crippen LogP contribution in [-0.2, 0) is 22.7 Å². The minimum Gasteiger partial charge on any atom is -0.444 e. The number of nitrogens with one attached hydrogen (secondary N) is 1. The lowest BCUT2D eigenvalue weighted by Gasteiger charge is -2.42. The molecular formula is C35H46F2N6O4. The molecule has 3 heterocycles. The highest BCUT2D eigenvalue weighted by molar-refractivity contribution is 6.04. The van der Waals surface area contributed by atoms with Gasteiger partial charge in [0.05, 0.1) is 17.2 Å². The molecule has 6 rings (SSSR count). The second-order valence-electron chi connectivity index (χ2n) is 14.8. The number of rotatable bonds is 5. The highest BCUT2D eigenvalue weighted by atomic mass is 19.3. The molecule has 1 aromatic carbocycles. The zero-order chi connectivity index (χ0) is 33.7. The highest BCUT2D eigenvalue weighted by Crippen LogP contribution is 2.39. The highest BCUT2D eigenvalue weighted by Gasteiger charge is 2.39. The predicted molar refractivity (Wildman–Crippen MR) is 175 cm³/mol. The topological polar surface area (TPSA) is 113 Å². The Kier molecular flexibility index (Phi) is 8.80. The predicted octanol–water partition coefficient (Wildman–Crippen LogP) is 6.38. The zero-order valence-electron chi connectivity index (χ0n) is 28.0. The molecule has 1 saturated carbocycles. The number of aromatic nitrogens is 3. The minimum absolute atomic E-state index is 0.0918. The van der Waals surface area contributed by atoms with Gasteiger partial charge in [-0.3, -0.25) is 14.4 Å². The number of benzene rings is 1. The smallest absolute Gasteiger partial charge is 0.410 e. The lowest BCUT2D eigenvalue weighted by Crippen LogP contribution is -2.53. The number of fused-ring (bicyclic) bond motifs is 2. The first-order valence-corrected chi connectivity index (χ1v) is 16.7. The summed E-state index contributed by atoms with van der Waals surface area (Å²) >= 11 is 0. The zero-order valence-corrected chi connectivity index (χ0v) is 28.0. The van der Waals surface area contributed by atoms with Crippen LogP contribution in [-0.4, -0.2) is 79.5 Å². The molecule has 0 radical (unpaired) electrons. The van der Waals surface area contributed by atoms with Crippen molar-refractivity contribution in [2.24, 2.45) is 0 Å². The monoisotopic (exact) mass is 652 g/mol. The summed E-state index contributed by atoms with van der Waals surface area (Å²) in [5.41, 5.74) is -0.194. The summed E-state index contributed by atoms with van der Waals surface area (Å²) in [6.45, 7) is 11.9. The number of carbonyl (C=O) groups excluding carboxylic acids is 2. The van der Waals surface area contributed by atoms with E-state index in [0.29, 0.717) is 54.3 Å². The van der Waals surface area contributed by atoms with Gasteiger partial charge in [-0.15, -0.1) is 0 Å². The van der Waals surface area contributed by atoms with Crippen molar-refractivity contribution in [1.82, 2.24) is 24.6 Å².